The zero-order chi connectivity index (χ0) is 15.6. The van der Waals surface area contributed by atoms with E-state index in [9.17, 15) is 9.59 Å². The lowest BCUT2D eigenvalue weighted by atomic mass is 10.3. The third-order valence-electron chi connectivity index (χ3n) is 1.56. The second-order valence-corrected chi connectivity index (χ2v) is 3.92. The minimum atomic E-state index is -1.06. The summed E-state index contributed by atoms with van der Waals surface area (Å²) >= 11 is 3.73. The van der Waals surface area contributed by atoms with Gasteiger partial charge in [-0.1, -0.05) is 0 Å². The largest absolute Gasteiger partial charge is 0.480 e. The standard InChI is InChI=1S/C5H9NO3S.C4H11N5/c1-3(7)6-4(2-10)5(8)9;1-9(2)4(7)8-3(5)6/h4,10H,2H2,1H3,(H,6,7)(H,8,9);1-2H3,(H5,5,6,7,8). The van der Waals surface area contributed by atoms with Gasteiger partial charge in [0.1, 0.15) is 6.04 Å². The number of carbonyl (C=O) groups excluding carboxylic acids is 1. The fourth-order valence-electron chi connectivity index (χ4n) is 0.670. The number of nitrogens with zero attached hydrogens (tertiary/aromatic N) is 1. The molecule has 0 aromatic heterocycles. The van der Waals surface area contributed by atoms with Crippen LogP contribution < -0.4 is 16.4 Å². The Morgan fingerprint density at radius 3 is 2.00 bits per heavy atom. The highest BCUT2D eigenvalue weighted by Crippen LogP contribution is 1.86. The molecule has 0 fully saturated rings. The van der Waals surface area contributed by atoms with Crippen molar-refractivity contribution in [2.75, 3.05) is 19.8 Å². The van der Waals surface area contributed by atoms with Gasteiger partial charge < -0.3 is 21.1 Å². The van der Waals surface area contributed by atoms with Gasteiger partial charge in [-0.2, -0.15) is 12.6 Å². The molecule has 0 aliphatic heterocycles. The summed E-state index contributed by atoms with van der Waals surface area (Å²) < 4.78 is 0. The summed E-state index contributed by atoms with van der Waals surface area (Å²) in [4.78, 5) is 22.0. The van der Waals surface area contributed by atoms with E-state index in [0.717, 1.165) is 0 Å². The summed E-state index contributed by atoms with van der Waals surface area (Å²) in [5.41, 5.74) is 4.94. The molecule has 0 bridgehead atoms. The van der Waals surface area contributed by atoms with Gasteiger partial charge in [0.15, 0.2) is 11.9 Å². The molecule has 0 rings (SSSR count). The number of nitrogens with two attached hydrogens (primary N) is 1. The second kappa shape index (κ2) is 10.00. The number of carboxylic acids is 1. The quantitative estimate of drug-likeness (QED) is 0.190. The summed E-state index contributed by atoms with van der Waals surface area (Å²) in [6.45, 7) is 1.26. The SMILES string of the molecule is CC(=O)NC(CS)C(=O)O.CN(C)C(=N)NC(=N)N. The zero-order valence-electron chi connectivity index (χ0n) is 11.0. The van der Waals surface area contributed by atoms with Crippen molar-refractivity contribution in [2.45, 2.75) is 13.0 Å². The second-order valence-electron chi connectivity index (χ2n) is 3.56. The molecule has 110 valence electrons. The van der Waals surface area contributed by atoms with Crippen molar-refractivity contribution < 1.29 is 14.7 Å². The maximum absolute atomic E-state index is 10.3. The van der Waals surface area contributed by atoms with Gasteiger partial charge in [0.25, 0.3) is 0 Å². The van der Waals surface area contributed by atoms with Crippen LogP contribution in [0.4, 0.5) is 0 Å². The Balaban J connectivity index is 0. The Hall–Kier alpha value is -1.97. The van der Waals surface area contributed by atoms with Crippen LogP contribution in [0, 0.1) is 10.8 Å². The molecule has 0 spiro atoms. The van der Waals surface area contributed by atoms with Crippen molar-refractivity contribution in [3.63, 3.8) is 0 Å². The van der Waals surface area contributed by atoms with Crippen molar-refractivity contribution in [3.8, 4) is 0 Å². The summed E-state index contributed by atoms with van der Waals surface area (Å²) in [5.74, 6) is -1.42. The van der Waals surface area contributed by atoms with E-state index >= 15 is 0 Å². The smallest absolute Gasteiger partial charge is 0.327 e. The van der Waals surface area contributed by atoms with Crippen LogP contribution in [0.1, 0.15) is 6.92 Å². The number of aliphatic carboxylic acids is 1. The van der Waals surface area contributed by atoms with E-state index in [-0.39, 0.29) is 23.6 Å². The highest BCUT2D eigenvalue weighted by molar-refractivity contribution is 7.80. The van der Waals surface area contributed by atoms with Crippen LogP contribution in [-0.4, -0.2) is 59.7 Å². The lowest BCUT2D eigenvalue weighted by Gasteiger charge is -2.13. The fourth-order valence-corrected chi connectivity index (χ4v) is 0.918. The van der Waals surface area contributed by atoms with Gasteiger partial charge in [-0.15, -0.1) is 0 Å². The predicted molar refractivity (Wildman–Crippen MR) is 75.6 cm³/mol. The van der Waals surface area contributed by atoms with Gasteiger partial charge in [-0.25, -0.2) is 4.79 Å². The van der Waals surface area contributed by atoms with Gasteiger partial charge in [-0.05, 0) is 0 Å². The average molecular weight is 292 g/mol. The lowest BCUT2D eigenvalue weighted by molar-refractivity contribution is -0.140. The highest BCUT2D eigenvalue weighted by Gasteiger charge is 2.15. The molecule has 0 heterocycles. The molecular weight excluding hydrogens is 272 g/mol. The van der Waals surface area contributed by atoms with Crippen LogP contribution in [0.2, 0.25) is 0 Å². The maximum Gasteiger partial charge on any atom is 0.327 e. The third kappa shape index (κ3) is 12.3. The first kappa shape index (κ1) is 19.4. The van der Waals surface area contributed by atoms with Gasteiger partial charge in [0, 0.05) is 26.8 Å². The van der Waals surface area contributed by atoms with Gasteiger partial charge >= 0.3 is 5.97 Å². The maximum atomic E-state index is 10.3. The first-order valence-electron chi connectivity index (χ1n) is 5.09. The molecule has 0 aromatic carbocycles. The van der Waals surface area contributed by atoms with Crippen molar-refractivity contribution in [2.24, 2.45) is 5.73 Å². The van der Waals surface area contributed by atoms with E-state index in [1.54, 1.807) is 14.1 Å². The van der Waals surface area contributed by atoms with E-state index in [2.05, 4.69) is 23.3 Å². The molecule has 10 heteroatoms. The van der Waals surface area contributed by atoms with E-state index in [0.29, 0.717) is 0 Å². The summed E-state index contributed by atoms with van der Waals surface area (Å²) in [5, 5.41) is 26.7. The number of carboxylic acid groups (broad SMARTS) is 1. The monoisotopic (exact) mass is 292 g/mol. The van der Waals surface area contributed by atoms with E-state index in [1.807, 2.05) is 0 Å². The van der Waals surface area contributed by atoms with E-state index in [4.69, 9.17) is 21.7 Å². The van der Waals surface area contributed by atoms with Gasteiger partial charge in [0.2, 0.25) is 5.91 Å². The van der Waals surface area contributed by atoms with E-state index in [1.165, 1.54) is 11.8 Å². The minimum absolute atomic E-state index is 0.106. The highest BCUT2D eigenvalue weighted by atomic mass is 32.1. The van der Waals surface area contributed by atoms with Gasteiger partial charge in [-0.3, -0.25) is 20.9 Å². The van der Waals surface area contributed by atoms with Crippen molar-refractivity contribution in [1.82, 2.24) is 15.5 Å². The topological polar surface area (TPSA) is 155 Å². The molecule has 0 aromatic rings. The number of guanidine groups is 2. The Morgan fingerprint density at radius 1 is 1.42 bits per heavy atom. The molecule has 0 saturated carbocycles. The number of hydrogen-bond acceptors (Lipinski definition) is 5. The molecular formula is C9H20N6O3S. The normalized spacial score (nSPS) is 10.3. The molecule has 0 radical (unpaired) electrons. The Kier molecular flexibility index (Phi) is 10.2. The molecule has 0 saturated heterocycles. The molecule has 1 atom stereocenters. The van der Waals surface area contributed by atoms with E-state index < -0.39 is 12.0 Å². The number of amides is 1. The molecule has 7 N–H and O–H groups in total. The zero-order valence-corrected chi connectivity index (χ0v) is 11.9. The lowest BCUT2D eigenvalue weighted by Crippen LogP contribution is -2.42. The number of carbonyl (C=O) groups is 2. The molecule has 19 heavy (non-hydrogen) atoms. The number of rotatable bonds is 3. The number of hydrogen-bond donors (Lipinski definition) is 7. The van der Waals surface area contributed by atoms with Crippen molar-refractivity contribution in [1.29, 1.82) is 10.8 Å². The first-order valence-corrected chi connectivity index (χ1v) is 5.72. The van der Waals surface area contributed by atoms with Gasteiger partial charge in [0.05, 0.1) is 0 Å². The van der Waals surface area contributed by atoms with Crippen LogP contribution in [-0.2, 0) is 9.59 Å². The number of thiol groups is 1. The molecule has 0 aliphatic rings. The first-order chi connectivity index (χ1) is 8.61. The summed E-state index contributed by atoms with van der Waals surface area (Å²) in [7, 11) is 3.39. The Morgan fingerprint density at radius 2 is 1.89 bits per heavy atom. The van der Waals surface area contributed by atoms with Crippen molar-refractivity contribution >= 4 is 36.4 Å². The average Bonchev–Trinajstić information content (AvgIpc) is 2.25. The van der Waals surface area contributed by atoms with Crippen LogP contribution >= 0.6 is 12.6 Å². The van der Waals surface area contributed by atoms with Crippen LogP contribution in [0.3, 0.4) is 0 Å². The van der Waals surface area contributed by atoms with Crippen LogP contribution in [0.15, 0.2) is 0 Å². The minimum Gasteiger partial charge on any atom is -0.480 e. The third-order valence-corrected chi connectivity index (χ3v) is 1.92. The molecule has 1 unspecified atom stereocenters. The summed E-state index contributed by atoms with van der Waals surface area (Å²) in [6.07, 6.45) is 0. The van der Waals surface area contributed by atoms with Crippen molar-refractivity contribution in [3.05, 3.63) is 0 Å². The van der Waals surface area contributed by atoms with Crippen LogP contribution in [0.25, 0.3) is 0 Å². The molecule has 9 nitrogen and oxygen atoms in total. The number of nitrogens with one attached hydrogen (secondary N) is 4. The Bertz CT molecular complexity index is 347. The molecule has 1 amide bonds. The van der Waals surface area contributed by atoms with Crippen LogP contribution in [0.5, 0.6) is 0 Å². The Labute approximate surface area is 117 Å². The summed E-state index contributed by atoms with van der Waals surface area (Å²) in [6, 6.07) is -0.874. The predicted octanol–water partition coefficient (Wildman–Crippen LogP) is -1.53. The molecule has 0 aliphatic carbocycles. The fraction of sp³-hybridized carbons (Fsp3) is 0.556.